The van der Waals surface area contributed by atoms with Crippen LogP contribution < -0.4 is 0 Å². The summed E-state index contributed by atoms with van der Waals surface area (Å²) < 4.78 is 11.2. The van der Waals surface area contributed by atoms with E-state index in [0.29, 0.717) is 16.7 Å². The summed E-state index contributed by atoms with van der Waals surface area (Å²) in [6.07, 6.45) is -3.10. The van der Waals surface area contributed by atoms with Gasteiger partial charge in [-0.15, -0.1) is 0 Å². The molecule has 2 aromatic carbocycles. The quantitative estimate of drug-likeness (QED) is 0.843. The van der Waals surface area contributed by atoms with Crippen LogP contribution in [0.3, 0.4) is 0 Å². The number of nitrogens with zero attached hydrogens (tertiary/aromatic N) is 1. The van der Waals surface area contributed by atoms with Crippen LogP contribution in [0.1, 0.15) is 32.6 Å². The van der Waals surface area contributed by atoms with E-state index in [1.807, 2.05) is 6.07 Å². The Balaban J connectivity index is 1.56. The van der Waals surface area contributed by atoms with Gasteiger partial charge in [-0.3, -0.25) is 14.5 Å². The van der Waals surface area contributed by atoms with E-state index in [4.69, 9.17) is 9.47 Å². The van der Waals surface area contributed by atoms with Gasteiger partial charge in [0.25, 0.3) is 11.8 Å². The number of rotatable bonds is 4. The molecule has 2 heterocycles. The number of aliphatic carboxylic acids is 1. The van der Waals surface area contributed by atoms with Crippen LogP contribution in [-0.4, -0.2) is 46.5 Å². The Labute approximate surface area is 148 Å². The second-order valence-corrected chi connectivity index (χ2v) is 6.08. The SMILES string of the molecule is O=C(O)C1OC(c2ccccc2)OC1CN1C(=O)c2ccccc2C1=O. The Morgan fingerprint density at radius 2 is 1.50 bits per heavy atom. The highest BCUT2D eigenvalue weighted by Gasteiger charge is 2.46. The summed E-state index contributed by atoms with van der Waals surface area (Å²) in [5.41, 5.74) is 1.29. The molecule has 1 saturated heterocycles. The van der Waals surface area contributed by atoms with Gasteiger partial charge in [-0.25, -0.2) is 4.79 Å². The van der Waals surface area contributed by atoms with Crippen molar-refractivity contribution in [1.82, 2.24) is 4.90 Å². The fourth-order valence-corrected chi connectivity index (χ4v) is 3.19. The summed E-state index contributed by atoms with van der Waals surface area (Å²) in [5.74, 6) is -2.12. The lowest BCUT2D eigenvalue weighted by atomic mass is 10.1. The number of benzene rings is 2. The van der Waals surface area contributed by atoms with E-state index in [1.54, 1.807) is 48.5 Å². The zero-order chi connectivity index (χ0) is 18.3. The fraction of sp³-hybridized carbons (Fsp3) is 0.211. The van der Waals surface area contributed by atoms with E-state index >= 15 is 0 Å². The minimum atomic E-state index is -1.27. The minimum Gasteiger partial charge on any atom is -0.479 e. The second kappa shape index (κ2) is 6.36. The van der Waals surface area contributed by atoms with Crippen molar-refractivity contribution in [2.45, 2.75) is 18.5 Å². The molecule has 0 bridgehead atoms. The molecule has 1 N–H and O–H groups in total. The maximum Gasteiger partial charge on any atom is 0.335 e. The predicted molar refractivity (Wildman–Crippen MR) is 88.4 cm³/mol. The molecule has 0 aromatic heterocycles. The van der Waals surface area contributed by atoms with Gasteiger partial charge in [-0.1, -0.05) is 42.5 Å². The molecule has 2 aromatic rings. The molecule has 0 radical (unpaired) electrons. The van der Waals surface area contributed by atoms with E-state index in [0.717, 1.165) is 4.90 Å². The number of fused-ring (bicyclic) bond motifs is 1. The lowest BCUT2D eigenvalue weighted by Gasteiger charge is -2.20. The molecule has 0 aliphatic carbocycles. The highest BCUT2D eigenvalue weighted by atomic mass is 16.7. The molecular weight excluding hydrogens is 338 g/mol. The Morgan fingerprint density at radius 1 is 0.923 bits per heavy atom. The van der Waals surface area contributed by atoms with Gasteiger partial charge in [0, 0.05) is 5.56 Å². The van der Waals surface area contributed by atoms with Gasteiger partial charge in [-0.2, -0.15) is 0 Å². The molecule has 0 saturated carbocycles. The van der Waals surface area contributed by atoms with Gasteiger partial charge < -0.3 is 14.6 Å². The molecule has 1 fully saturated rings. The maximum absolute atomic E-state index is 12.5. The van der Waals surface area contributed by atoms with Crippen molar-refractivity contribution in [3.8, 4) is 0 Å². The zero-order valence-electron chi connectivity index (χ0n) is 13.6. The maximum atomic E-state index is 12.5. The van der Waals surface area contributed by atoms with Crippen LogP contribution in [-0.2, 0) is 14.3 Å². The Hall–Kier alpha value is -3.03. The van der Waals surface area contributed by atoms with Gasteiger partial charge in [-0.05, 0) is 12.1 Å². The van der Waals surface area contributed by atoms with Crippen molar-refractivity contribution in [3.63, 3.8) is 0 Å². The van der Waals surface area contributed by atoms with Gasteiger partial charge in [0.2, 0.25) is 0 Å². The summed E-state index contributed by atoms with van der Waals surface area (Å²) in [7, 11) is 0. The Morgan fingerprint density at radius 3 is 2.08 bits per heavy atom. The van der Waals surface area contributed by atoms with Gasteiger partial charge in [0.1, 0.15) is 6.10 Å². The van der Waals surface area contributed by atoms with Crippen LogP contribution in [0.15, 0.2) is 54.6 Å². The Kier molecular flexibility index (Phi) is 4.02. The average molecular weight is 353 g/mol. The largest absolute Gasteiger partial charge is 0.479 e. The zero-order valence-corrected chi connectivity index (χ0v) is 13.6. The van der Waals surface area contributed by atoms with Gasteiger partial charge in [0.05, 0.1) is 17.7 Å². The van der Waals surface area contributed by atoms with Crippen molar-refractivity contribution in [2.24, 2.45) is 0 Å². The topological polar surface area (TPSA) is 93.1 Å². The third-order valence-electron chi connectivity index (χ3n) is 4.46. The molecule has 132 valence electrons. The minimum absolute atomic E-state index is 0.188. The first kappa shape index (κ1) is 16.4. The first-order valence-corrected chi connectivity index (χ1v) is 8.10. The number of ether oxygens (including phenoxy) is 2. The van der Waals surface area contributed by atoms with Crippen molar-refractivity contribution in [1.29, 1.82) is 0 Å². The third kappa shape index (κ3) is 2.67. The molecule has 26 heavy (non-hydrogen) atoms. The van der Waals surface area contributed by atoms with Crippen molar-refractivity contribution in [3.05, 3.63) is 71.3 Å². The van der Waals surface area contributed by atoms with Crippen LogP contribution in [0.4, 0.5) is 0 Å². The number of carbonyl (C=O) groups excluding carboxylic acids is 2. The summed E-state index contributed by atoms with van der Waals surface area (Å²) in [6, 6.07) is 15.4. The molecule has 2 aliphatic heterocycles. The van der Waals surface area contributed by atoms with Crippen LogP contribution in [0.2, 0.25) is 0 Å². The molecule has 3 atom stereocenters. The van der Waals surface area contributed by atoms with Crippen LogP contribution in [0.25, 0.3) is 0 Å². The second-order valence-electron chi connectivity index (χ2n) is 6.08. The summed E-state index contributed by atoms with van der Waals surface area (Å²) in [6.45, 7) is -0.188. The van der Waals surface area contributed by atoms with Crippen molar-refractivity contribution < 1.29 is 29.0 Å². The van der Waals surface area contributed by atoms with Gasteiger partial charge in [0.15, 0.2) is 12.4 Å². The summed E-state index contributed by atoms with van der Waals surface area (Å²) in [5, 5.41) is 9.43. The van der Waals surface area contributed by atoms with E-state index < -0.39 is 36.3 Å². The van der Waals surface area contributed by atoms with Crippen LogP contribution in [0, 0.1) is 0 Å². The smallest absolute Gasteiger partial charge is 0.335 e. The molecule has 2 amide bonds. The lowest BCUT2D eigenvalue weighted by Crippen LogP contribution is -2.43. The number of carboxylic acid groups (broad SMARTS) is 1. The van der Waals surface area contributed by atoms with Crippen molar-refractivity contribution in [2.75, 3.05) is 6.54 Å². The molecule has 3 unspecified atom stereocenters. The number of carboxylic acids is 1. The van der Waals surface area contributed by atoms with Gasteiger partial charge >= 0.3 is 5.97 Å². The fourth-order valence-electron chi connectivity index (χ4n) is 3.19. The predicted octanol–water partition coefficient (Wildman–Crippen LogP) is 1.85. The first-order valence-electron chi connectivity index (χ1n) is 8.10. The first-order chi connectivity index (χ1) is 12.6. The standard InChI is InChI=1S/C19H15NO6/c21-16-12-8-4-5-9-13(12)17(22)20(16)10-14-15(18(23)24)26-19(25-14)11-6-2-1-3-7-11/h1-9,14-15,19H,10H2,(H,23,24). The number of hydrogen-bond donors (Lipinski definition) is 1. The highest BCUT2D eigenvalue weighted by Crippen LogP contribution is 2.33. The summed E-state index contributed by atoms with van der Waals surface area (Å²) >= 11 is 0. The summed E-state index contributed by atoms with van der Waals surface area (Å²) in [4.78, 5) is 37.5. The molecule has 7 nitrogen and oxygen atoms in total. The molecule has 0 spiro atoms. The third-order valence-corrected chi connectivity index (χ3v) is 4.46. The monoisotopic (exact) mass is 353 g/mol. The van der Waals surface area contributed by atoms with E-state index in [9.17, 15) is 19.5 Å². The average Bonchev–Trinajstić information content (AvgIpc) is 3.19. The van der Waals surface area contributed by atoms with Crippen LogP contribution >= 0.6 is 0 Å². The highest BCUT2D eigenvalue weighted by molar-refractivity contribution is 6.21. The number of carbonyl (C=O) groups is 3. The van der Waals surface area contributed by atoms with E-state index in [2.05, 4.69) is 0 Å². The Bertz CT molecular complexity index is 846. The van der Waals surface area contributed by atoms with Crippen molar-refractivity contribution >= 4 is 17.8 Å². The number of amides is 2. The molecule has 2 aliphatic rings. The number of imide groups is 1. The lowest BCUT2D eigenvalue weighted by molar-refractivity contribution is -0.151. The molecule has 7 heteroatoms. The normalized spacial score (nSPS) is 24.8. The van der Waals surface area contributed by atoms with E-state index in [-0.39, 0.29) is 6.54 Å². The molecule has 4 rings (SSSR count). The van der Waals surface area contributed by atoms with Crippen LogP contribution in [0.5, 0.6) is 0 Å². The number of hydrogen-bond acceptors (Lipinski definition) is 5. The molecular formula is C19H15NO6. The van der Waals surface area contributed by atoms with E-state index in [1.165, 1.54) is 0 Å².